The smallest absolute Gasteiger partial charge is 0.381 e. The topological polar surface area (TPSA) is 68.3 Å². The summed E-state index contributed by atoms with van der Waals surface area (Å²) < 4.78 is 69.0. The van der Waals surface area contributed by atoms with Crippen LogP contribution in [-0.2, 0) is 20.9 Å². The molecule has 118 valence electrons. The molecule has 0 spiro atoms. The van der Waals surface area contributed by atoms with Crippen LogP contribution in [0.15, 0.2) is 23.2 Å². The molecule has 2 rings (SSSR count). The zero-order chi connectivity index (χ0) is 15.7. The van der Waals surface area contributed by atoms with Crippen molar-refractivity contribution in [1.29, 1.82) is 0 Å². The van der Waals surface area contributed by atoms with E-state index in [1.807, 2.05) is 0 Å². The summed E-state index contributed by atoms with van der Waals surface area (Å²) in [6, 6.07) is 1.19. The summed E-state index contributed by atoms with van der Waals surface area (Å²) in [5.74, 6) is 0.0576. The molecule has 0 unspecified atom stereocenters. The van der Waals surface area contributed by atoms with Crippen molar-refractivity contribution < 1.29 is 26.3 Å². The van der Waals surface area contributed by atoms with E-state index in [9.17, 15) is 21.6 Å². The Labute approximate surface area is 120 Å². The van der Waals surface area contributed by atoms with Crippen molar-refractivity contribution in [3.63, 3.8) is 0 Å². The normalized spacial score (nSPS) is 21.4. The van der Waals surface area contributed by atoms with E-state index >= 15 is 0 Å². The van der Waals surface area contributed by atoms with Crippen molar-refractivity contribution in [2.75, 3.05) is 13.2 Å². The second kappa shape index (κ2) is 5.90. The molecule has 1 aliphatic rings. The summed E-state index contributed by atoms with van der Waals surface area (Å²) in [5.41, 5.74) is -1.13. The molecule has 2 heterocycles. The molecule has 2 atom stereocenters. The van der Waals surface area contributed by atoms with E-state index in [0.717, 1.165) is 12.5 Å². The molecule has 21 heavy (non-hydrogen) atoms. The van der Waals surface area contributed by atoms with Gasteiger partial charge < -0.3 is 4.74 Å². The molecule has 0 aliphatic carbocycles. The van der Waals surface area contributed by atoms with Crippen LogP contribution >= 0.6 is 0 Å². The third-order valence-electron chi connectivity index (χ3n) is 3.35. The van der Waals surface area contributed by atoms with Gasteiger partial charge >= 0.3 is 6.18 Å². The van der Waals surface area contributed by atoms with Crippen molar-refractivity contribution in [3.05, 3.63) is 24.0 Å². The highest BCUT2D eigenvalue weighted by Crippen LogP contribution is 2.27. The van der Waals surface area contributed by atoms with Gasteiger partial charge in [-0.2, -0.15) is 13.2 Å². The summed E-state index contributed by atoms with van der Waals surface area (Å²) in [5, 5.41) is 0. The molecule has 1 fully saturated rings. The molecule has 9 heteroatoms. The minimum atomic E-state index is -4.59. The van der Waals surface area contributed by atoms with Gasteiger partial charge in [-0.05, 0) is 25.5 Å². The highest BCUT2D eigenvalue weighted by molar-refractivity contribution is 7.89. The van der Waals surface area contributed by atoms with Crippen molar-refractivity contribution in [2.24, 2.45) is 5.92 Å². The lowest BCUT2D eigenvalue weighted by molar-refractivity contribution is -0.141. The van der Waals surface area contributed by atoms with Gasteiger partial charge in [-0.3, -0.25) is 4.98 Å². The maximum Gasteiger partial charge on any atom is 0.433 e. The number of ether oxygens (including phenoxy) is 1. The summed E-state index contributed by atoms with van der Waals surface area (Å²) >= 11 is 0. The Morgan fingerprint density at radius 1 is 1.43 bits per heavy atom. The van der Waals surface area contributed by atoms with E-state index in [0.29, 0.717) is 25.5 Å². The molecule has 1 N–H and O–H groups in total. The standard InChI is InChI=1S/C12H15F3N2O3S/c1-8(9-4-5-20-7-9)17-21(18,19)10-2-3-11(16-6-10)12(13,14)15/h2-3,6,8-9,17H,4-5,7H2,1H3/t8-,9-/m0/s1. The van der Waals surface area contributed by atoms with Crippen molar-refractivity contribution in [2.45, 2.75) is 30.5 Å². The fraction of sp³-hybridized carbons (Fsp3) is 0.583. The van der Waals surface area contributed by atoms with Gasteiger partial charge in [0.25, 0.3) is 0 Å². The van der Waals surface area contributed by atoms with Gasteiger partial charge in [0.05, 0.1) is 6.61 Å². The first kappa shape index (κ1) is 16.2. The van der Waals surface area contributed by atoms with Crippen LogP contribution in [0, 0.1) is 5.92 Å². The van der Waals surface area contributed by atoms with Gasteiger partial charge in [0.15, 0.2) is 0 Å². The number of hydrogen-bond donors (Lipinski definition) is 1. The Hall–Kier alpha value is -1.19. The number of alkyl halides is 3. The molecule has 0 aromatic carbocycles. The Bertz CT molecular complexity index is 581. The summed E-state index contributed by atoms with van der Waals surface area (Å²) in [7, 11) is -3.89. The van der Waals surface area contributed by atoms with E-state index < -0.39 is 21.9 Å². The number of nitrogens with one attached hydrogen (secondary N) is 1. The number of pyridine rings is 1. The zero-order valence-corrected chi connectivity index (χ0v) is 12.0. The van der Waals surface area contributed by atoms with Gasteiger partial charge in [0.2, 0.25) is 10.0 Å². The Morgan fingerprint density at radius 3 is 2.62 bits per heavy atom. The second-order valence-corrected chi connectivity index (χ2v) is 6.62. The Kier molecular flexibility index (Phi) is 4.54. The fourth-order valence-electron chi connectivity index (χ4n) is 2.06. The minimum absolute atomic E-state index is 0.0576. The van der Waals surface area contributed by atoms with Crippen LogP contribution in [0.2, 0.25) is 0 Å². The second-order valence-electron chi connectivity index (χ2n) is 4.91. The SMILES string of the molecule is C[C@H](NS(=O)(=O)c1ccc(C(F)(F)F)nc1)[C@H]1CCOC1. The summed E-state index contributed by atoms with van der Waals surface area (Å²) in [4.78, 5) is 2.86. The van der Waals surface area contributed by atoms with Crippen LogP contribution in [0.1, 0.15) is 19.0 Å². The maximum atomic E-state index is 12.4. The molecular formula is C12H15F3N2O3S. The quantitative estimate of drug-likeness (QED) is 0.917. The number of halogens is 3. The monoisotopic (exact) mass is 324 g/mol. The molecular weight excluding hydrogens is 309 g/mol. The van der Waals surface area contributed by atoms with Gasteiger partial charge in [-0.25, -0.2) is 13.1 Å². The number of rotatable bonds is 4. The molecule has 0 saturated carbocycles. The van der Waals surface area contributed by atoms with Crippen molar-refractivity contribution >= 4 is 10.0 Å². The molecule has 5 nitrogen and oxygen atoms in total. The van der Waals surface area contributed by atoms with Crippen LogP contribution in [0.3, 0.4) is 0 Å². The molecule has 0 radical (unpaired) electrons. The van der Waals surface area contributed by atoms with Gasteiger partial charge in [0, 0.05) is 24.8 Å². The highest BCUT2D eigenvalue weighted by atomic mass is 32.2. The molecule has 1 saturated heterocycles. The average Bonchev–Trinajstić information content (AvgIpc) is 2.91. The number of nitrogens with zero attached hydrogens (tertiary/aromatic N) is 1. The van der Waals surface area contributed by atoms with E-state index in [1.54, 1.807) is 6.92 Å². The van der Waals surface area contributed by atoms with Crippen LogP contribution in [0.25, 0.3) is 0 Å². The largest absolute Gasteiger partial charge is 0.433 e. The lowest BCUT2D eigenvalue weighted by Crippen LogP contribution is -2.38. The highest BCUT2D eigenvalue weighted by Gasteiger charge is 2.33. The van der Waals surface area contributed by atoms with Crippen LogP contribution in [0.5, 0.6) is 0 Å². The van der Waals surface area contributed by atoms with E-state index in [1.165, 1.54) is 0 Å². The third kappa shape index (κ3) is 3.92. The Morgan fingerprint density at radius 2 is 2.14 bits per heavy atom. The lowest BCUT2D eigenvalue weighted by atomic mass is 10.0. The van der Waals surface area contributed by atoms with E-state index in [-0.39, 0.29) is 16.9 Å². The number of aromatic nitrogens is 1. The lowest BCUT2D eigenvalue weighted by Gasteiger charge is -2.19. The average molecular weight is 324 g/mol. The van der Waals surface area contributed by atoms with Gasteiger partial charge in [0.1, 0.15) is 10.6 Å². The molecule has 0 bridgehead atoms. The number of hydrogen-bond acceptors (Lipinski definition) is 4. The van der Waals surface area contributed by atoms with E-state index in [4.69, 9.17) is 4.74 Å². The molecule has 1 aromatic heterocycles. The van der Waals surface area contributed by atoms with Gasteiger partial charge in [-0.1, -0.05) is 0 Å². The first-order valence-electron chi connectivity index (χ1n) is 6.33. The molecule has 1 aliphatic heterocycles. The van der Waals surface area contributed by atoms with Crippen LogP contribution < -0.4 is 4.72 Å². The number of sulfonamides is 1. The third-order valence-corrected chi connectivity index (χ3v) is 4.89. The first-order chi connectivity index (χ1) is 9.70. The van der Waals surface area contributed by atoms with Gasteiger partial charge in [-0.15, -0.1) is 0 Å². The van der Waals surface area contributed by atoms with Crippen molar-refractivity contribution in [3.8, 4) is 0 Å². The predicted octanol–water partition coefficient (Wildman–Crippen LogP) is 1.80. The summed E-state index contributed by atoms with van der Waals surface area (Å²) in [6.45, 7) is 2.75. The zero-order valence-electron chi connectivity index (χ0n) is 11.2. The van der Waals surface area contributed by atoms with Crippen molar-refractivity contribution in [1.82, 2.24) is 9.71 Å². The maximum absolute atomic E-state index is 12.4. The van der Waals surface area contributed by atoms with E-state index in [2.05, 4.69) is 9.71 Å². The Balaban J connectivity index is 2.12. The molecule has 0 amide bonds. The first-order valence-corrected chi connectivity index (χ1v) is 7.82. The summed E-state index contributed by atoms with van der Waals surface area (Å²) in [6.07, 6.45) is -3.14. The predicted molar refractivity (Wildman–Crippen MR) is 67.9 cm³/mol. The minimum Gasteiger partial charge on any atom is -0.381 e. The molecule has 1 aromatic rings. The fourth-order valence-corrected chi connectivity index (χ4v) is 3.32. The van der Waals surface area contributed by atoms with Crippen LogP contribution in [0.4, 0.5) is 13.2 Å². The van der Waals surface area contributed by atoms with Crippen LogP contribution in [-0.4, -0.2) is 32.7 Å².